The first kappa shape index (κ1) is 22.1. The average Bonchev–Trinajstić information content (AvgIpc) is 2.78. The summed E-state index contributed by atoms with van der Waals surface area (Å²) in [6.07, 6.45) is 0.868. The highest BCUT2D eigenvalue weighted by Gasteiger charge is 2.13. The predicted molar refractivity (Wildman–Crippen MR) is 127 cm³/mol. The van der Waals surface area contributed by atoms with Gasteiger partial charge in [-0.2, -0.15) is 3.89 Å². The molecule has 156 valence electrons. The number of nitrogens with zero attached hydrogens (tertiary/aromatic N) is 1. The van der Waals surface area contributed by atoms with Crippen molar-refractivity contribution in [3.8, 4) is 5.75 Å². The molecule has 3 aromatic carbocycles. The maximum absolute atomic E-state index is 12.9. The van der Waals surface area contributed by atoms with Crippen LogP contribution in [-0.2, 0) is 0 Å². The lowest BCUT2D eigenvalue weighted by atomic mass is 9.88. The van der Waals surface area contributed by atoms with Gasteiger partial charge in [-0.25, -0.2) is 0 Å². The SMILES string of the molecule is CC/C(=C(\c1ccccc1)c1ccc(OCCN(C)C)cc1)c1ccc(SF)cc1. The Morgan fingerprint density at radius 3 is 2.00 bits per heavy atom. The molecule has 3 rings (SSSR count). The lowest BCUT2D eigenvalue weighted by Crippen LogP contribution is -2.19. The van der Waals surface area contributed by atoms with Crippen molar-refractivity contribution in [3.63, 3.8) is 0 Å². The first-order chi connectivity index (χ1) is 14.6. The van der Waals surface area contributed by atoms with E-state index in [-0.39, 0.29) is 12.1 Å². The second-order valence-electron chi connectivity index (χ2n) is 7.35. The number of hydrogen-bond donors (Lipinski definition) is 0. The zero-order valence-electron chi connectivity index (χ0n) is 17.8. The van der Waals surface area contributed by atoms with E-state index in [9.17, 15) is 3.89 Å². The van der Waals surface area contributed by atoms with E-state index >= 15 is 0 Å². The maximum Gasteiger partial charge on any atom is 0.119 e. The van der Waals surface area contributed by atoms with Gasteiger partial charge < -0.3 is 9.64 Å². The highest BCUT2D eigenvalue weighted by atomic mass is 32.2. The molecule has 0 N–H and O–H groups in total. The van der Waals surface area contributed by atoms with E-state index in [1.165, 1.54) is 16.7 Å². The molecule has 0 saturated carbocycles. The summed E-state index contributed by atoms with van der Waals surface area (Å²) in [6, 6.07) is 26.4. The van der Waals surface area contributed by atoms with Crippen molar-refractivity contribution in [2.45, 2.75) is 18.2 Å². The summed E-state index contributed by atoms with van der Waals surface area (Å²) in [6.45, 7) is 3.70. The molecule has 0 aliphatic carbocycles. The van der Waals surface area contributed by atoms with E-state index < -0.39 is 0 Å². The molecule has 4 heteroatoms. The van der Waals surface area contributed by atoms with Gasteiger partial charge in [0.2, 0.25) is 0 Å². The molecule has 0 bridgehead atoms. The molecule has 0 aliphatic rings. The zero-order chi connectivity index (χ0) is 21.3. The summed E-state index contributed by atoms with van der Waals surface area (Å²) in [5.74, 6) is 0.871. The Balaban J connectivity index is 2.01. The molecule has 0 unspecified atom stereocenters. The Morgan fingerprint density at radius 1 is 0.833 bits per heavy atom. The van der Waals surface area contributed by atoms with Crippen molar-refractivity contribution in [2.75, 3.05) is 27.2 Å². The highest BCUT2D eigenvalue weighted by molar-refractivity contribution is 7.94. The molecule has 0 spiro atoms. The van der Waals surface area contributed by atoms with Gasteiger partial charge in [0.05, 0.1) is 12.1 Å². The summed E-state index contributed by atoms with van der Waals surface area (Å²) < 4.78 is 18.7. The van der Waals surface area contributed by atoms with Gasteiger partial charge in [0.1, 0.15) is 12.4 Å². The zero-order valence-corrected chi connectivity index (χ0v) is 18.6. The third-order valence-electron chi connectivity index (χ3n) is 4.96. The van der Waals surface area contributed by atoms with Crippen LogP contribution in [0.5, 0.6) is 5.75 Å². The van der Waals surface area contributed by atoms with E-state index in [4.69, 9.17) is 4.74 Å². The second kappa shape index (κ2) is 11.0. The summed E-state index contributed by atoms with van der Waals surface area (Å²) in [5, 5.41) is 0. The molecule has 0 atom stereocenters. The highest BCUT2D eigenvalue weighted by Crippen LogP contribution is 2.35. The molecule has 0 saturated heterocycles. The Kier molecular flexibility index (Phi) is 8.12. The monoisotopic (exact) mass is 421 g/mol. The first-order valence-electron chi connectivity index (χ1n) is 10.2. The minimum absolute atomic E-state index is 0.275. The largest absolute Gasteiger partial charge is 0.492 e. The van der Waals surface area contributed by atoms with Gasteiger partial charge in [0.25, 0.3) is 0 Å². The van der Waals surface area contributed by atoms with Crippen molar-refractivity contribution in [3.05, 3.63) is 95.6 Å². The maximum atomic E-state index is 12.9. The van der Waals surface area contributed by atoms with Crippen LogP contribution in [0, 0.1) is 0 Å². The number of likely N-dealkylation sites (N-methyl/N-ethyl adjacent to an activating group) is 1. The Hall–Kier alpha value is -2.56. The fraction of sp³-hybridized carbons (Fsp3) is 0.231. The van der Waals surface area contributed by atoms with Crippen molar-refractivity contribution in [1.29, 1.82) is 0 Å². The molecule has 0 amide bonds. The summed E-state index contributed by atoms with van der Waals surface area (Å²) in [4.78, 5) is 2.72. The molecule has 0 radical (unpaired) electrons. The Morgan fingerprint density at radius 2 is 1.43 bits per heavy atom. The van der Waals surface area contributed by atoms with Gasteiger partial charge in [-0.1, -0.05) is 61.5 Å². The Bertz CT molecular complexity index is 951. The van der Waals surface area contributed by atoms with Crippen LogP contribution >= 0.6 is 12.1 Å². The quantitative estimate of drug-likeness (QED) is 0.346. The van der Waals surface area contributed by atoms with E-state index in [0.717, 1.165) is 29.8 Å². The van der Waals surface area contributed by atoms with Crippen LogP contribution < -0.4 is 4.74 Å². The predicted octanol–water partition coefficient (Wildman–Crippen LogP) is 6.97. The fourth-order valence-corrected chi connectivity index (χ4v) is 3.66. The van der Waals surface area contributed by atoms with Crippen LogP contribution in [0.2, 0.25) is 0 Å². The van der Waals surface area contributed by atoms with Crippen molar-refractivity contribution in [1.82, 2.24) is 4.90 Å². The Labute approximate surface area is 183 Å². The summed E-state index contributed by atoms with van der Waals surface area (Å²) >= 11 is 0.275. The first-order valence-corrected chi connectivity index (χ1v) is 10.9. The summed E-state index contributed by atoms with van der Waals surface area (Å²) in [5.41, 5.74) is 5.85. The van der Waals surface area contributed by atoms with Gasteiger partial charge in [0.15, 0.2) is 0 Å². The van der Waals surface area contributed by atoms with Gasteiger partial charge in [-0.05, 0) is 72.6 Å². The molecule has 3 aromatic rings. The average molecular weight is 422 g/mol. The molecule has 0 fully saturated rings. The number of hydrogen-bond acceptors (Lipinski definition) is 3. The minimum Gasteiger partial charge on any atom is -0.492 e. The number of ether oxygens (including phenoxy) is 1. The van der Waals surface area contributed by atoms with Crippen molar-refractivity contribution >= 4 is 23.3 Å². The summed E-state index contributed by atoms with van der Waals surface area (Å²) in [7, 11) is 4.07. The van der Waals surface area contributed by atoms with E-state index in [1.54, 1.807) is 0 Å². The van der Waals surface area contributed by atoms with E-state index in [2.05, 4.69) is 48.2 Å². The lowest BCUT2D eigenvalue weighted by molar-refractivity contribution is 0.261. The number of rotatable bonds is 9. The number of halogens is 1. The molecule has 2 nitrogen and oxygen atoms in total. The molecule has 0 heterocycles. The van der Waals surface area contributed by atoms with Crippen LogP contribution in [0.3, 0.4) is 0 Å². The van der Waals surface area contributed by atoms with E-state index in [0.29, 0.717) is 11.5 Å². The van der Waals surface area contributed by atoms with Gasteiger partial charge in [0, 0.05) is 11.4 Å². The fourth-order valence-electron chi connectivity index (χ4n) is 3.42. The number of allylic oxidation sites excluding steroid dienone is 1. The van der Waals surface area contributed by atoms with Crippen molar-refractivity contribution in [2.24, 2.45) is 0 Å². The van der Waals surface area contributed by atoms with Crippen LogP contribution in [0.1, 0.15) is 30.0 Å². The van der Waals surface area contributed by atoms with Gasteiger partial charge in [-0.15, -0.1) is 0 Å². The minimum atomic E-state index is 0.275. The third kappa shape index (κ3) is 5.74. The normalized spacial score (nSPS) is 12.0. The molecular formula is C26H28FNOS. The van der Waals surface area contributed by atoms with Crippen LogP contribution in [0.25, 0.3) is 11.1 Å². The van der Waals surface area contributed by atoms with E-state index in [1.807, 2.05) is 56.6 Å². The van der Waals surface area contributed by atoms with Gasteiger partial charge >= 0.3 is 0 Å². The number of benzene rings is 3. The van der Waals surface area contributed by atoms with Gasteiger partial charge in [-0.3, -0.25) is 0 Å². The van der Waals surface area contributed by atoms with Crippen LogP contribution in [0.15, 0.2) is 83.8 Å². The smallest absolute Gasteiger partial charge is 0.119 e. The third-order valence-corrected chi connectivity index (χ3v) is 5.41. The van der Waals surface area contributed by atoms with Crippen molar-refractivity contribution < 1.29 is 8.62 Å². The molecule has 0 aromatic heterocycles. The molecule has 0 aliphatic heterocycles. The topological polar surface area (TPSA) is 12.5 Å². The lowest BCUT2D eigenvalue weighted by Gasteiger charge is -2.17. The van der Waals surface area contributed by atoms with Crippen LogP contribution in [0.4, 0.5) is 3.89 Å². The van der Waals surface area contributed by atoms with Crippen LogP contribution in [-0.4, -0.2) is 32.1 Å². The standard InChI is InChI=1S/C26H28FNOS/c1-4-25(20-12-16-24(30-27)17-13-20)26(21-8-6-5-7-9-21)22-10-14-23(15-11-22)29-19-18-28(2)3/h5-17H,4,18-19H2,1-3H3/b26-25-. The molecule has 30 heavy (non-hydrogen) atoms. The molecular weight excluding hydrogens is 393 g/mol. The second-order valence-corrected chi connectivity index (χ2v) is 7.98.